The van der Waals surface area contributed by atoms with Crippen LogP contribution in [0.15, 0.2) is 22.6 Å². The van der Waals surface area contributed by atoms with Gasteiger partial charge in [-0.1, -0.05) is 55.5 Å². The third-order valence-electron chi connectivity index (χ3n) is 3.78. The molecule has 0 unspecified atom stereocenters. The third kappa shape index (κ3) is 5.86. The normalized spacial score (nSPS) is 12.0. The van der Waals surface area contributed by atoms with Gasteiger partial charge in [0.1, 0.15) is 10.8 Å². The van der Waals surface area contributed by atoms with Gasteiger partial charge in [0.05, 0.1) is 17.5 Å². The van der Waals surface area contributed by atoms with Crippen LogP contribution >= 0.6 is 23.2 Å². The minimum Gasteiger partial charge on any atom is -0.482 e. The van der Waals surface area contributed by atoms with Crippen LogP contribution in [0.2, 0.25) is 10.0 Å². The van der Waals surface area contributed by atoms with Crippen molar-refractivity contribution >= 4 is 29.6 Å². The lowest BCUT2D eigenvalue weighted by Gasteiger charge is -2.16. The number of halogens is 2. The van der Waals surface area contributed by atoms with Crippen molar-refractivity contribution in [1.29, 1.82) is 0 Å². The van der Waals surface area contributed by atoms with Crippen molar-refractivity contribution in [3.8, 4) is 5.75 Å². The molecule has 0 saturated heterocycles. The molecule has 1 atom stereocenters. The van der Waals surface area contributed by atoms with Crippen molar-refractivity contribution in [2.24, 2.45) is 0 Å². The maximum absolute atomic E-state index is 10.7. The van der Waals surface area contributed by atoms with E-state index < -0.39 is 0 Å². The van der Waals surface area contributed by atoms with E-state index >= 15 is 0 Å². The van der Waals surface area contributed by atoms with Gasteiger partial charge in [-0.05, 0) is 18.6 Å². The van der Waals surface area contributed by atoms with Gasteiger partial charge < -0.3 is 9.15 Å². The summed E-state index contributed by atoms with van der Waals surface area (Å²) >= 11 is 12.0. The molecule has 142 valence electrons. The average Bonchev–Trinajstić information content (AvgIpc) is 3.11. The highest BCUT2D eigenvalue weighted by molar-refractivity contribution is 6.42. The Hall–Kier alpha value is -1.83. The number of nitrogens with zero attached hydrogens (tertiary/aromatic N) is 3. The number of unbranched alkanes of at least 4 members (excludes halogenated alkanes) is 2. The molecule has 0 fully saturated rings. The molecule has 0 aliphatic carbocycles. The van der Waals surface area contributed by atoms with Crippen LogP contribution in [-0.2, 0) is 11.4 Å². The zero-order valence-electron chi connectivity index (χ0n) is 14.4. The summed E-state index contributed by atoms with van der Waals surface area (Å²) in [5.41, 5.74) is 0. The summed E-state index contributed by atoms with van der Waals surface area (Å²) in [6.07, 6.45) is 4.11. The molecule has 0 saturated carbocycles. The Balaban J connectivity index is 2.02. The molecule has 1 aromatic heterocycles. The summed E-state index contributed by atoms with van der Waals surface area (Å²) in [4.78, 5) is 10.7. The molecule has 1 heterocycles. The number of ether oxygens (including phenoxy) is 1. The van der Waals surface area contributed by atoms with Gasteiger partial charge >= 0.3 is 0 Å². The van der Waals surface area contributed by atoms with Gasteiger partial charge in [-0.15, -0.1) is 10.2 Å². The average molecular weight is 402 g/mol. The summed E-state index contributed by atoms with van der Waals surface area (Å²) in [5.74, 6) is 0.804. The second-order valence-electron chi connectivity index (χ2n) is 5.79. The van der Waals surface area contributed by atoms with E-state index in [-0.39, 0.29) is 25.0 Å². The topological polar surface area (TPSA) is 88.7 Å². The van der Waals surface area contributed by atoms with Gasteiger partial charge in [0.2, 0.25) is 12.3 Å². The Morgan fingerprint density at radius 2 is 2.15 bits per heavy atom. The summed E-state index contributed by atoms with van der Waals surface area (Å²) in [5, 5.41) is 18.8. The summed E-state index contributed by atoms with van der Waals surface area (Å²) in [6.45, 7) is 2.23. The Bertz CT molecular complexity index is 711. The van der Waals surface area contributed by atoms with Gasteiger partial charge in [0.15, 0.2) is 6.61 Å². The highest BCUT2D eigenvalue weighted by Gasteiger charge is 2.21. The number of carbonyl (C=O) groups is 1. The molecular weight excluding hydrogens is 381 g/mol. The molecule has 9 heteroatoms. The van der Waals surface area contributed by atoms with E-state index in [0.29, 0.717) is 33.2 Å². The lowest BCUT2D eigenvalue weighted by molar-refractivity contribution is -0.151. The highest BCUT2D eigenvalue weighted by Crippen LogP contribution is 2.32. The first-order valence-electron chi connectivity index (χ1n) is 8.35. The maximum atomic E-state index is 10.7. The lowest BCUT2D eigenvalue weighted by atomic mass is 10.0. The van der Waals surface area contributed by atoms with Crippen LogP contribution < -0.4 is 4.74 Å². The molecule has 0 radical (unpaired) electrons. The second kappa shape index (κ2) is 10.4. The summed E-state index contributed by atoms with van der Waals surface area (Å²) in [6, 6.07) is 5.07. The molecule has 0 aliphatic heterocycles. The second-order valence-corrected chi connectivity index (χ2v) is 6.58. The Morgan fingerprint density at radius 3 is 2.88 bits per heavy atom. The highest BCUT2D eigenvalue weighted by atomic mass is 35.5. The Kier molecular flexibility index (Phi) is 8.15. The van der Waals surface area contributed by atoms with E-state index in [1.54, 1.807) is 18.2 Å². The fourth-order valence-electron chi connectivity index (χ4n) is 2.43. The van der Waals surface area contributed by atoms with Crippen LogP contribution in [0.1, 0.15) is 50.3 Å². The SMILES string of the molecule is CCCCC[C@@H](CN(O)C=O)c1nnc(COc2cccc(Cl)c2Cl)o1. The fourth-order valence-corrected chi connectivity index (χ4v) is 2.77. The minimum absolute atomic E-state index is 0.0330. The van der Waals surface area contributed by atoms with Crippen LogP contribution in [-0.4, -0.2) is 33.4 Å². The molecule has 7 nitrogen and oxygen atoms in total. The zero-order valence-corrected chi connectivity index (χ0v) is 15.9. The van der Waals surface area contributed by atoms with Gasteiger partial charge in [0.25, 0.3) is 5.89 Å². The molecule has 1 aromatic carbocycles. The molecular formula is C17H21Cl2N3O4. The predicted molar refractivity (Wildman–Crippen MR) is 96.5 cm³/mol. The van der Waals surface area contributed by atoms with E-state index in [1.165, 1.54) is 0 Å². The molecule has 1 N–H and O–H groups in total. The molecule has 0 aliphatic rings. The van der Waals surface area contributed by atoms with Crippen molar-refractivity contribution in [3.05, 3.63) is 40.0 Å². The van der Waals surface area contributed by atoms with Gasteiger partial charge in [-0.2, -0.15) is 0 Å². The van der Waals surface area contributed by atoms with Gasteiger partial charge in [-0.3, -0.25) is 10.0 Å². The van der Waals surface area contributed by atoms with Gasteiger partial charge in [0, 0.05) is 0 Å². The van der Waals surface area contributed by atoms with E-state index in [1.807, 2.05) is 0 Å². The van der Waals surface area contributed by atoms with Crippen LogP contribution in [0.4, 0.5) is 0 Å². The number of carbonyl (C=O) groups excluding carboxylic acids is 1. The third-order valence-corrected chi connectivity index (χ3v) is 4.59. The standard InChI is InChI=1S/C17H21Cl2N3O4/c1-2-3-4-6-12(9-22(24)11-23)17-21-20-15(26-17)10-25-14-8-5-7-13(18)16(14)19/h5,7-8,11-12,24H,2-4,6,9-10H2,1H3/t12-/m0/s1. The van der Waals surface area contributed by atoms with E-state index in [9.17, 15) is 10.0 Å². The zero-order chi connectivity index (χ0) is 18.9. The number of benzene rings is 1. The lowest BCUT2D eigenvalue weighted by Crippen LogP contribution is -2.24. The van der Waals surface area contributed by atoms with Crippen molar-refractivity contribution in [1.82, 2.24) is 15.3 Å². The van der Waals surface area contributed by atoms with Crippen LogP contribution in [0.5, 0.6) is 5.75 Å². The van der Waals surface area contributed by atoms with Crippen LogP contribution in [0.25, 0.3) is 0 Å². The smallest absolute Gasteiger partial charge is 0.253 e. The van der Waals surface area contributed by atoms with Crippen LogP contribution in [0.3, 0.4) is 0 Å². The van der Waals surface area contributed by atoms with Crippen molar-refractivity contribution in [2.75, 3.05) is 6.54 Å². The number of hydroxylamine groups is 2. The molecule has 2 aromatic rings. The first kappa shape index (κ1) is 20.5. The molecule has 0 bridgehead atoms. The maximum Gasteiger partial charge on any atom is 0.253 e. The first-order chi connectivity index (χ1) is 12.5. The monoisotopic (exact) mass is 401 g/mol. The largest absolute Gasteiger partial charge is 0.482 e. The Morgan fingerprint density at radius 1 is 1.35 bits per heavy atom. The summed E-state index contributed by atoms with van der Waals surface area (Å²) in [7, 11) is 0. The van der Waals surface area contributed by atoms with E-state index in [2.05, 4.69) is 17.1 Å². The number of aromatic nitrogens is 2. The van der Waals surface area contributed by atoms with Gasteiger partial charge in [-0.25, -0.2) is 5.06 Å². The fraction of sp³-hybridized carbons (Fsp3) is 0.471. The van der Waals surface area contributed by atoms with E-state index in [4.69, 9.17) is 32.4 Å². The molecule has 1 amide bonds. The van der Waals surface area contributed by atoms with Crippen molar-refractivity contribution in [2.45, 2.75) is 45.1 Å². The number of hydrogen-bond donors (Lipinski definition) is 1. The minimum atomic E-state index is -0.243. The quantitative estimate of drug-likeness (QED) is 0.258. The van der Waals surface area contributed by atoms with E-state index in [0.717, 1.165) is 25.7 Å². The van der Waals surface area contributed by atoms with Crippen molar-refractivity contribution < 1.29 is 19.2 Å². The molecule has 2 rings (SSSR count). The van der Waals surface area contributed by atoms with Crippen LogP contribution in [0, 0.1) is 0 Å². The summed E-state index contributed by atoms with van der Waals surface area (Å²) < 4.78 is 11.2. The Labute approximate surface area is 161 Å². The first-order valence-corrected chi connectivity index (χ1v) is 9.10. The molecule has 0 spiro atoms. The van der Waals surface area contributed by atoms with Crippen molar-refractivity contribution in [3.63, 3.8) is 0 Å². The molecule has 26 heavy (non-hydrogen) atoms. The predicted octanol–water partition coefficient (Wildman–Crippen LogP) is 4.47. The number of amides is 1. The number of rotatable bonds is 11. The number of hydrogen-bond acceptors (Lipinski definition) is 6.